The van der Waals surface area contributed by atoms with Gasteiger partial charge in [-0.3, -0.25) is 14.8 Å². The summed E-state index contributed by atoms with van der Waals surface area (Å²) in [7, 11) is 1.84. The molecule has 1 aliphatic rings. The fourth-order valence-corrected chi connectivity index (χ4v) is 3.50. The normalized spacial score (nSPS) is 16.5. The topological polar surface area (TPSA) is 96.8 Å². The summed E-state index contributed by atoms with van der Waals surface area (Å²) in [5.41, 5.74) is 2.97. The van der Waals surface area contributed by atoms with Crippen molar-refractivity contribution in [1.29, 1.82) is 0 Å². The van der Waals surface area contributed by atoms with Crippen LogP contribution in [0.3, 0.4) is 0 Å². The van der Waals surface area contributed by atoms with Gasteiger partial charge in [0.2, 0.25) is 0 Å². The number of aromatic nitrogens is 5. The third-order valence-electron chi connectivity index (χ3n) is 5.05. The summed E-state index contributed by atoms with van der Waals surface area (Å²) in [5, 5.41) is 3.11. The maximum atomic E-state index is 12.9. The summed E-state index contributed by atoms with van der Waals surface area (Å²) >= 11 is 0. The predicted octanol–water partition coefficient (Wildman–Crippen LogP) is 2.70. The maximum absolute atomic E-state index is 12.9. The van der Waals surface area contributed by atoms with Crippen LogP contribution in [0.15, 0.2) is 43.0 Å². The number of carbonyl (C=O) groups is 1. The molecule has 1 fully saturated rings. The highest BCUT2D eigenvalue weighted by molar-refractivity contribution is 5.92. The molecule has 1 aliphatic heterocycles. The van der Waals surface area contributed by atoms with E-state index in [1.807, 2.05) is 37.1 Å². The lowest BCUT2D eigenvalue weighted by atomic mass is 9.94. The number of carbonyl (C=O) groups excluding carboxylic acids is 1. The van der Waals surface area contributed by atoms with Crippen molar-refractivity contribution in [2.45, 2.75) is 25.7 Å². The van der Waals surface area contributed by atoms with E-state index in [0.717, 1.165) is 35.6 Å². The minimum Gasteiger partial charge on any atom is -0.373 e. The molecule has 0 unspecified atom stereocenters. The summed E-state index contributed by atoms with van der Waals surface area (Å²) < 4.78 is 0. The van der Waals surface area contributed by atoms with E-state index < -0.39 is 0 Å². The van der Waals surface area contributed by atoms with E-state index in [1.54, 1.807) is 24.8 Å². The smallest absolute Gasteiger partial charge is 0.274 e. The van der Waals surface area contributed by atoms with Gasteiger partial charge in [-0.05, 0) is 31.9 Å². The Hall–Kier alpha value is -3.42. The number of amides is 1. The standard InChI is InChI=1S/C21H23N7O/c1-14-10-25-18(12-24-14)21(29)28-8-4-6-16(13-28)17-9-19(22-2)27-20(26-17)15-5-3-7-23-11-15/h3,5,7,9-12,16H,4,6,8,13H2,1-2H3,(H,22,26,27)/t16-/m1/s1. The van der Waals surface area contributed by atoms with Gasteiger partial charge in [0.25, 0.3) is 5.91 Å². The highest BCUT2D eigenvalue weighted by Crippen LogP contribution is 2.29. The number of rotatable bonds is 4. The minimum atomic E-state index is -0.0856. The zero-order valence-corrected chi connectivity index (χ0v) is 16.5. The zero-order chi connectivity index (χ0) is 20.2. The molecule has 148 valence electrons. The highest BCUT2D eigenvalue weighted by atomic mass is 16.2. The Morgan fingerprint density at radius 3 is 2.83 bits per heavy atom. The first kappa shape index (κ1) is 18.9. The minimum absolute atomic E-state index is 0.0856. The molecule has 4 heterocycles. The Kier molecular flexibility index (Phi) is 5.41. The molecule has 4 rings (SSSR count). The molecule has 3 aromatic rings. The van der Waals surface area contributed by atoms with Crippen molar-refractivity contribution in [3.63, 3.8) is 0 Å². The Bertz CT molecular complexity index is 992. The van der Waals surface area contributed by atoms with Gasteiger partial charge in [0.1, 0.15) is 11.5 Å². The summed E-state index contributed by atoms with van der Waals surface area (Å²) in [6, 6.07) is 5.77. The number of aryl methyl sites for hydroxylation is 1. The van der Waals surface area contributed by atoms with Crippen LogP contribution in [0.4, 0.5) is 5.82 Å². The molecule has 0 radical (unpaired) electrons. The molecule has 1 atom stereocenters. The monoisotopic (exact) mass is 389 g/mol. The molecule has 8 heteroatoms. The van der Waals surface area contributed by atoms with E-state index in [4.69, 9.17) is 4.98 Å². The molecule has 8 nitrogen and oxygen atoms in total. The van der Waals surface area contributed by atoms with Crippen molar-refractivity contribution in [2.75, 3.05) is 25.5 Å². The fourth-order valence-electron chi connectivity index (χ4n) is 3.50. The lowest BCUT2D eigenvalue weighted by molar-refractivity contribution is 0.0699. The molecule has 0 aliphatic carbocycles. The molecule has 0 aromatic carbocycles. The van der Waals surface area contributed by atoms with Gasteiger partial charge in [0.15, 0.2) is 5.82 Å². The average Bonchev–Trinajstić information content (AvgIpc) is 2.79. The van der Waals surface area contributed by atoms with Crippen LogP contribution < -0.4 is 5.32 Å². The van der Waals surface area contributed by atoms with Crippen molar-refractivity contribution in [3.8, 4) is 11.4 Å². The third kappa shape index (κ3) is 4.21. The number of nitrogens with zero attached hydrogens (tertiary/aromatic N) is 6. The van der Waals surface area contributed by atoms with Gasteiger partial charge in [-0.15, -0.1) is 0 Å². The van der Waals surface area contributed by atoms with Gasteiger partial charge >= 0.3 is 0 Å². The van der Waals surface area contributed by atoms with Crippen molar-refractivity contribution in [2.24, 2.45) is 0 Å². The first-order valence-corrected chi connectivity index (χ1v) is 9.69. The predicted molar refractivity (Wildman–Crippen MR) is 109 cm³/mol. The largest absolute Gasteiger partial charge is 0.373 e. The van der Waals surface area contributed by atoms with Gasteiger partial charge in [0, 0.05) is 56.3 Å². The summed E-state index contributed by atoms with van der Waals surface area (Å²) in [6.07, 6.45) is 8.53. The van der Waals surface area contributed by atoms with Crippen LogP contribution in [-0.4, -0.2) is 55.9 Å². The van der Waals surface area contributed by atoms with Gasteiger partial charge in [-0.2, -0.15) is 0 Å². The van der Waals surface area contributed by atoms with Gasteiger partial charge in [-0.1, -0.05) is 0 Å². The van der Waals surface area contributed by atoms with Crippen LogP contribution in [0.5, 0.6) is 0 Å². The van der Waals surface area contributed by atoms with Gasteiger partial charge < -0.3 is 10.2 Å². The molecular formula is C21H23N7O. The Balaban J connectivity index is 1.59. The number of anilines is 1. The lowest BCUT2D eigenvalue weighted by Crippen LogP contribution is -2.39. The molecule has 0 bridgehead atoms. The molecule has 0 saturated carbocycles. The highest BCUT2D eigenvalue weighted by Gasteiger charge is 2.28. The van der Waals surface area contributed by atoms with Gasteiger partial charge in [0.05, 0.1) is 17.6 Å². The molecule has 1 N–H and O–H groups in total. The molecule has 1 amide bonds. The Morgan fingerprint density at radius 2 is 2.10 bits per heavy atom. The molecule has 29 heavy (non-hydrogen) atoms. The number of nitrogens with one attached hydrogen (secondary N) is 1. The quantitative estimate of drug-likeness (QED) is 0.733. The van der Waals surface area contributed by atoms with Crippen LogP contribution in [-0.2, 0) is 0 Å². The number of hydrogen-bond donors (Lipinski definition) is 1. The van der Waals surface area contributed by atoms with E-state index in [-0.39, 0.29) is 11.8 Å². The molecular weight excluding hydrogens is 366 g/mol. The van der Waals surface area contributed by atoms with Crippen LogP contribution in [0.1, 0.15) is 40.6 Å². The number of likely N-dealkylation sites (tertiary alicyclic amines) is 1. The van der Waals surface area contributed by atoms with Crippen LogP contribution >= 0.6 is 0 Å². The summed E-state index contributed by atoms with van der Waals surface area (Å²) in [4.78, 5) is 36.7. The van der Waals surface area contributed by atoms with E-state index in [9.17, 15) is 4.79 Å². The van der Waals surface area contributed by atoms with E-state index in [1.165, 1.54) is 0 Å². The van der Waals surface area contributed by atoms with E-state index in [2.05, 4.69) is 25.3 Å². The average molecular weight is 389 g/mol. The first-order chi connectivity index (χ1) is 14.1. The number of hydrogen-bond acceptors (Lipinski definition) is 7. The SMILES string of the molecule is CNc1cc([C@@H]2CCCN(C(=O)c3cnc(C)cn3)C2)nc(-c2cccnc2)n1. The van der Waals surface area contributed by atoms with Crippen molar-refractivity contribution < 1.29 is 4.79 Å². The van der Waals surface area contributed by atoms with Gasteiger partial charge in [-0.25, -0.2) is 15.0 Å². The summed E-state index contributed by atoms with van der Waals surface area (Å²) in [5.74, 6) is 1.43. The maximum Gasteiger partial charge on any atom is 0.274 e. The number of piperidine rings is 1. The zero-order valence-electron chi connectivity index (χ0n) is 16.5. The van der Waals surface area contributed by atoms with Crippen molar-refractivity contribution in [3.05, 3.63) is 60.1 Å². The van der Waals surface area contributed by atoms with Crippen molar-refractivity contribution in [1.82, 2.24) is 29.8 Å². The second kappa shape index (κ2) is 8.30. The lowest BCUT2D eigenvalue weighted by Gasteiger charge is -2.32. The first-order valence-electron chi connectivity index (χ1n) is 9.69. The Labute approximate surface area is 169 Å². The summed E-state index contributed by atoms with van der Waals surface area (Å²) in [6.45, 7) is 3.16. The molecule has 3 aromatic heterocycles. The third-order valence-corrected chi connectivity index (χ3v) is 5.05. The van der Waals surface area contributed by atoms with Crippen molar-refractivity contribution >= 4 is 11.7 Å². The van der Waals surface area contributed by atoms with E-state index >= 15 is 0 Å². The second-order valence-corrected chi connectivity index (χ2v) is 7.13. The van der Waals surface area contributed by atoms with Crippen LogP contribution in [0.25, 0.3) is 11.4 Å². The second-order valence-electron chi connectivity index (χ2n) is 7.13. The van der Waals surface area contributed by atoms with Crippen LogP contribution in [0, 0.1) is 6.92 Å². The Morgan fingerprint density at radius 1 is 1.21 bits per heavy atom. The van der Waals surface area contributed by atoms with E-state index in [0.29, 0.717) is 24.6 Å². The number of pyridine rings is 1. The van der Waals surface area contributed by atoms with Crippen LogP contribution in [0.2, 0.25) is 0 Å². The molecule has 0 spiro atoms. The molecule has 1 saturated heterocycles. The fraction of sp³-hybridized carbons (Fsp3) is 0.333.